The summed E-state index contributed by atoms with van der Waals surface area (Å²) >= 11 is 0. The lowest BCUT2D eigenvalue weighted by Crippen LogP contribution is -2.57. The Balaban J connectivity index is 1.40. The van der Waals surface area contributed by atoms with E-state index >= 15 is 0 Å². The maximum Gasteiger partial charge on any atom is 0.415 e. The van der Waals surface area contributed by atoms with Gasteiger partial charge in [-0.3, -0.25) is 15.0 Å². The molecule has 1 unspecified atom stereocenters. The van der Waals surface area contributed by atoms with Crippen LogP contribution in [0, 0.1) is 39.7 Å². The molecule has 38 heavy (non-hydrogen) atoms. The molecular weight excluding hydrogens is 488 g/mol. The van der Waals surface area contributed by atoms with Gasteiger partial charge in [0.15, 0.2) is 0 Å². The van der Waals surface area contributed by atoms with Crippen LogP contribution in [0.25, 0.3) is 0 Å². The van der Waals surface area contributed by atoms with Crippen molar-refractivity contribution in [3.8, 4) is 29.4 Å². The number of epoxide rings is 1. The summed E-state index contributed by atoms with van der Waals surface area (Å²) in [6.07, 6.45) is 5.24. The van der Waals surface area contributed by atoms with Crippen molar-refractivity contribution in [3.63, 3.8) is 0 Å². The van der Waals surface area contributed by atoms with Crippen LogP contribution in [0.15, 0.2) is 54.6 Å². The molecule has 1 saturated carbocycles. The number of rotatable bonds is 6. The normalized spacial score (nSPS) is 28.2. The summed E-state index contributed by atoms with van der Waals surface area (Å²) in [6.45, 7) is -0.0454. The number of amides is 1. The first-order valence-electron chi connectivity index (χ1n) is 12.4. The maximum atomic E-state index is 13.7. The van der Waals surface area contributed by atoms with E-state index in [1.54, 1.807) is 41.3 Å². The fourth-order valence-corrected chi connectivity index (χ4v) is 5.97. The van der Waals surface area contributed by atoms with Crippen molar-refractivity contribution >= 4 is 17.5 Å². The van der Waals surface area contributed by atoms with Crippen molar-refractivity contribution in [1.29, 1.82) is 0 Å². The van der Waals surface area contributed by atoms with E-state index in [9.17, 15) is 20.0 Å². The molecule has 192 valence electrons. The second-order valence-electron chi connectivity index (χ2n) is 9.58. The number of nitro benzene ring substituents is 1. The number of benzene rings is 2. The summed E-state index contributed by atoms with van der Waals surface area (Å²) < 4.78 is 18.1. The van der Waals surface area contributed by atoms with E-state index < -0.39 is 28.3 Å². The second-order valence-corrected chi connectivity index (χ2v) is 9.58. The van der Waals surface area contributed by atoms with Gasteiger partial charge in [0.1, 0.15) is 36.2 Å². The van der Waals surface area contributed by atoms with Crippen LogP contribution in [-0.2, 0) is 21.7 Å². The first-order chi connectivity index (χ1) is 18.5. The van der Waals surface area contributed by atoms with Gasteiger partial charge < -0.3 is 19.3 Å². The Morgan fingerprint density at radius 1 is 1.18 bits per heavy atom. The zero-order valence-electron chi connectivity index (χ0n) is 20.4. The van der Waals surface area contributed by atoms with Crippen LogP contribution in [0.5, 0.6) is 5.75 Å². The Hall–Kier alpha value is -4.31. The van der Waals surface area contributed by atoms with Gasteiger partial charge in [0.05, 0.1) is 23.1 Å². The predicted molar refractivity (Wildman–Crippen MR) is 136 cm³/mol. The molecule has 2 aromatic rings. The van der Waals surface area contributed by atoms with Gasteiger partial charge in [-0.15, -0.1) is 0 Å². The van der Waals surface area contributed by atoms with Crippen LogP contribution < -0.4 is 9.64 Å². The number of carbonyl (C=O) groups excluding carboxylic acids is 1. The number of aliphatic hydroxyl groups is 1. The van der Waals surface area contributed by atoms with E-state index in [-0.39, 0.29) is 31.4 Å². The highest BCUT2D eigenvalue weighted by Crippen LogP contribution is 2.72. The first kappa shape index (κ1) is 24.1. The molecule has 4 bridgehead atoms. The smallest absolute Gasteiger partial charge is 0.415 e. The lowest BCUT2D eigenvalue weighted by atomic mass is 9.64. The van der Waals surface area contributed by atoms with Crippen molar-refractivity contribution in [3.05, 3.63) is 75.9 Å². The van der Waals surface area contributed by atoms with Crippen molar-refractivity contribution in [1.82, 2.24) is 0 Å². The van der Waals surface area contributed by atoms with Crippen LogP contribution in [0.4, 0.5) is 16.2 Å². The second kappa shape index (κ2) is 9.21. The molecule has 1 N–H and O–H groups in total. The number of allylic oxidation sites excluding steroid dienone is 2. The molecule has 1 amide bonds. The van der Waals surface area contributed by atoms with E-state index in [0.717, 1.165) is 18.4 Å². The minimum absolute atomic E-state index is 0.0367. The molecule has 2 fully saturated rings. The van der Waals surface area contributed by atoms with E-state index in [0.29, 0.717) is 23.4 Å². The third kappa shape index (κ3) is 3.63. The number of anilines is 1. The molecule has 1 saturated heterocycles. The molecule has 2 heterocycles. The number of non-ortho nitro benzene ring substituents is 1. The summed E-state index contributed by atoms with van der Waals surface area (Å²) in [5, 5.41) is 20.2. The lowest BCUT2D eigenvalue weighted by Gasteiger charge is -2.43. The fraction of sp³-hybridized carbons (Fsp3) is 0.345. The van der Waals surface area contributed by atoms with Gasteiger partial charge in [-0.25, -0.2) is 4.79 Å². The van der Waals surface area contributed by atoms with Crippen LogP contribution in [0.3, 0.4) is 0 Å². The molecule has 0 aromatic heterocycles. The Bertz CT molecular complexity index is 1460. The quantitative estimate of drug-likeness (QED) is 0.271. The van der Waals surface area contributed by atoms with E-state index in [2.05, 4.69) is 23.7 Å². The molecule has 4 atom stereocenters. The van der Waals surface area contributed by atoms with Gasteiger partial charge in [-0.2, -0.15) is 0 Å². The molecule has 0 radical (unpaired) electrons. The average Bonchev–Trinajstić information content (AvgIpc) is 3.65. The summed E-state index contributed by atoms with van der Waals surface area (Å²) in [4.78, 5) is 25.7. The van der Waals surface area contributed by atoms with Gasteiger partial charge in [0.25, 0.3) is 5.69 Å². The molecular formula is C29H24N2O7. The molecule has 2 aliphatic carbocycles. The van der Waals surface area contributed by atoms with Gasteiger partial charge in [-0.1, -0.05) is 23.7 Å². The highest BCUT2D eigenvalue weighted by Gasteiger charge is 2.81. The first-order valence-corrected chi connectivity index (χ1v) is 12.4. The minimum atomic E-state index is -0.738. The van der Waals surface area contributed by atoms with Crippen LogP contribution in [0.1, 0.15) is 30.4 Å². The van der Waals surface area contributed by atoms with Crippen molar-refractivity contribution in [2.75, 3.05) is 18.1 Å². The van der Waals surface area contributed by atoms with E-state index in [1.165, 1.54) is 12.1 Å². The maximum absolute atomic E-state index is 13.7. The Morgan fingerprint density at radius 2 is 1.97 bits per heavy atom. The van der Waals surface area contributed by atoms with Crippen LogP contribution in [-0.4, -0.2) is 41.0 Å². The Kier molecular flexibility index (Phi) is 5.83. The topological polar surface area (TPSA) is 115 Å². The number of hydrogen-bond donors (Lipinski definition) is 1. The summed E-state index contributed by atoms with van der Waals surface area (Å²) in [5.74, 6) is 13.2. The zero-order chi connectivity index (χ0) is 26.3. The van der Waals surface area contributed by atoms with Crippen molar-refractivity contribution in [2.24, 2.45) is 5.92 Å². The number of nitro groups is 1. The molecule has 2 aliphatic heterocycles. The van der Waals surface area contributed by atoms with Crippen LogP contribution in [0.2, 0.25) is 0 Å². The fourth-order valence-electron chi connectivity index (χ4n) is 5.97. The van der Waals surface area contributed by atoms with Gasteiger partial charge in [0, 0.05) is 17.7 Å². The third-order valence-electron chi connectivity index (χ3n) is 7.58. The van der Waals surface area contributed by atoms with Gasteiger partial charge in [0.2, 0.25) is 0 Å². The number of hydrogen-bond acceptors (Lipinski definition) is 7. The Labute approximate surface area is 219 Å². The summed E-state index contributed by atoms with van der Waals surface area (Å²) in [6, 6.07) is 10.7. The Morgan fingerprint density at radius 3 is 2.74 bits per heavy atom. The van der Waals surface area contributed by atoms with E-state index in [4.69, 9.17) is 14.2 Å². The summed E-state index contributed by atoms with van der Waals surface area (Å²) in [5.41, 5.74) is 0.522. The molecule has 0 spiro atoms. The largest absolute Gasteiger partial charge is 0.491 e. The highest BCUT2D eigenvalue weighted by molar-refractivity contribution is 5.93. The average molecular weight is 513 g/mol. The van der Waals surface area contributed by atoms with Crippen molar-refractivity contribution in [2.45, 2.75) is 43.1 Å². The monoisotopic (exact) mass is 512 g/mol. The predicted octanol–water partition coefficient (Wildman–Crippen LogP) is 3.83. The number of ether oxygens (including phenoxy) is 3. The number of carbonyl (C=O) groups is 1. The molecule has 9 nitrogen and oxygen atoms in total. The van der Waals surface area contributed by atoms with Crippen LogP contribution >= 0.6 is 0 Å². The summed E-state index contributed by atoms with van der Waals surface area (Å²) in [7, 11) is 0. The SMILES string of the molecule is O=C(OCc1ccc([N+](=O)[O-])cc1)N1c2ccc(OCCO)cc2[C@@]23OC24CCC[C@@H]3C#C/C=C\C#C[C@H]14. The van der Waals surface area contributed by atoms with Crippen molar-refractivity contribution < 1.29 is 29.0 Å². The third-order valence-corrected chi connectivity index (χ3v) is 7.58. The molecule has 4 aliphatic rings. The standard InChI is InChI=1S/C29H24N2O7/c32-16-17-36-23-13-14-25-24(18-23)29-21-6-3-1-2-4-8-26(28(29,38-29)15-5-7-21)30(25)27(33)37-19-20-9-11-22(12-10-20)31(34)35/h1-2,9-14,18,21,26,32H,5,7,15-17,19H2/b2-1-/t21-,26-,28?,29+/m0/s1. The molecule has 9 heteroatoms. The van der Waals surface area contributed by atoms with Gasteiger partial charge >= 0.3 is 6.09 Å². The zero-order valence-corrected chi connectivity index (χ0v) is 20.4. The molecule has 2 aromatic carbocycles. The number of fused-ring (bicyclic) bond motifs is 1. The number of nitrogens with zero attached hydrogens (tertiary/aromatic N) is 2. The lowest BCUT2D eigenvalue weighted by molar-refractivity contribution is -0.384. The van der Waals surface area contributed by atoms with Gasteiger partial charge in [-0.05, 0) is 67.3 Å². The molecule has 6 rings (SSSR count). The minimum Gasteiger partial charge on any atom is -0.491 e. The highest BCUT2D eigenvalue weighted by atomic mass is 16.6. The van der Waals surface area contributed by atoms with E-state index in [1.807, 2.05) is 6.07 Å². The number of aliphatic hydroxyl groups excluding tert-OH is 1.